The van der Waals surface area contributed by atoms with Crippen LogP contribution in [0.15, 0.2) is 0 Å². The van der Waals surface area contributed by atoms with Crippen molar-refractivity contribution < 1.29 is 9.90 Å². The lowest BCUT2D eigenvalue weighted by Gasteiger charge is -2.42. The van der Waals surface area contributed by atoms with E-state index in [0.717, 1.165) is 25.7 Å². The molecule has 0 aromatic carbocycles. The first-order valence-electron chi connectivity index (χ1n) is 8.05. The van der Waals surface area contributed by atoms with E-state index in [1.165, 1.54) is 32.1 Å². The van der Waals surface area contributed by atoms with Crippen LogP contribution in [0.25, 0.3) is 0 Å². The highest BCUT2D eigenvalue weighted by atomic mass is 16.4. The second-order valence-electron chi connectivity index (χ2n) is 6.76. The normalized spacial score (nSPS) is 15.2. The summed E-state index contributed by atoms with van der Waals surface area (Å²) in [6.07, 6.45) is 10.5. The Kier molecular flexibility index (Phi) is 8.36. The van der Waals surface area contributed by atoms with Gasteiger partial charge in [-0.15, -0.1) is 0 Å². The van der Waals surface area contributed by atoms with Crippen LogP contribution >= 0.6 is 0 Å². The van der Waals surface area contributed by atoms with Crippen LogP contribution in [0.4, 0.5) is 0 Å². The van der Waals surface area contributed by atoms with Crippen LogP contribution in [-0.2, 0) is 4.79 Å². The second kappa shape index (κ2) is 8.60. The van der Waals surface area contributed by atoms with Gasteiger partial charge in [0, 0.05) is 0 Å². The smallest absolute Gasteiger partial charge is 0.309 e. The Morgan fingerprint density at radius 1 is 0.842 bits per heavy atom. The molecule has 1 N–H and O–H groups in total. The molecule has 0 aromatic rings. The summed E-state index contributed by atoms with van der Waals surface area (Å²) < 4.78 is 0. The van der Waals surface area contributed by atoms with Crippen molar-refractivity contribution in [3.8, 4) is 0 Å². The predicted molar refractivity (Wildman–Crippen MR) is 82.4 cm³/mol. The van der Waals surface area contributed by atoms with Gasteiger partial charge in [-0.25, -0.2) is 0 Å². The van der Waals surface area contributed by atoms with Gasteiger partial charge in [0.2, 0.25) is 0 Å². The molecule has 0 saturated carbocycles. The Bertz CT molecular complexity index is 258. The van der Waals surface area contributed by atoms with Crippen LogP contribution in [0.1, 0.15) is 92.4 Å². The van der Waals surface area contributed by atoms with Crippen molar-refractivity contribution in [2.45, 2.75) is 92.4 Å². The number of hydrogen-bond acceptors (Lipinski definition) is 1. The van der Waals surface area contributed by atoms with Crippen molar-refractivity contribution in [3.05, 3.63) is 0 Å². The minimum Gasteiger partial charge on any atom is -0.481 e. The average Bonchev–Trinajstić information content (AvgIpc) is 2.34. The van der Waals surface area contributed by atoms with Crippen molar-refractivity contribution in [1.29, 1.82) is 0 Å². The van der Waals surface area contributed by atoms with Crippen LogP contribution < -0.4 is 0 Å². The molecule has 0 bridgehead atoms. The van der Waals surface area contributed by atoms with Crippen LogP contribution in [0.5, 0.6) is 0 Å². The quantitative estimate of drug-likeness (QED) is 0.492. The maximum absolute atomic E-state index is 11.6. The summed E-state index contributed by atoms with van der Waals surface area (Å²) >= 11 is 0. The van der Waals surface area contributed by atoms with Gasteiger partial charge in [-0.05, 0) is 32.1 Å². The van der Waals surface area contributed by atoms with E-state index in [4.69, 9.17) is 0 Å². The molecule has 114 valence electrons. The summed E-state index contributed by atoms with van der Waals surface area (Å²) in [5.74, 6) is -0.651. The monoisotopic (exact) mass is 270 g/mol. The molecule has 0 aromatic heterocycles. The summed E-state index contributed by atoms with van der Waals surface area (Å²) in [7, 11) is 0. The zero-order valence-electron chi connectivity index (χ0n) is 13.7. The largest absolute Gasteiger partial charge is 0.481 e. The molecule has 0 heterocycles. The number of rotatable bonds is 11. The molecular formula is C17H34O2. The molecule has 2 heteroatoms. The minimum absolute atomic E-state index is 0.0816. The van der Waals surface area contributed by atoms with Gasteiger partial charge in [0.25, 0.3) is 0 Å². The maximum Gasteiger partial charge on any atom is 0.309 e. The highest BCUT2D eigenvalue weighted by Gasteiger charge is 2.45. The van der Waals surface area contributed by atoms with Gasteiger partial charge in [0.1, 0.15) is 0 Å². The van der Waals surface area contributed by atoms with E-state index < -0.39 is 11.4 Å². The third-order valence-corrected chi connectivity index (χ3v) is 4.96. The number of carbonyl (C=O) groups is 1. The summed E-state index contributed by atoms with van der Waals surface area (Å²) in [4.78, 5) is 11.6. The zero-order chi connectivity index (χ0) is 14.9. The summed E-state index contributed by atoms with van der Waals surface area (Å²) in [6.45, 7) is 10.4. The lowest BCUT2D eigenvalue weighted by atomic mass is 9.61. The molecule has 0 aliphatic heterocycles. The molecular weight excluding hydrogens is 236 g/mol. The van der Waals surface area contributed by atoms with Gasteiger partial charge in [-0.1, -0.05) is 65.7 Å². The van der Waals surface area contributed by atoms with Gasteiger partial charge in [-0.2, -0.15) is 0 Å². The molecule has 19 heavy (non-hydrogen) atoms. The topological polar surface area (TPSA) is 37.3 Å². The fourth-order valence-corrected chi connectivity index (χ4v) is 2.72. The van der Waals surface area contributed by atoms with Crippen molar-refractivity contribution >= 4 is 5.97 Å². The van der Waals surface area contributed by atoms with Gasteiger partial charge < -0.3 is 5.11 Å². The molecule has 0 radical (unpaired) electrons. The molecule has 0 amide bonds. The molecule has 1 atom stereocenters. The van der Waals surface area contributed by atoms with E-state index in [1.54, 1.807) is 0 Å². The minimum atomic E-state index is -0.651. The number of unbranched alkanes of at least 4 members (excludes halogenated alkanes) is 5. The van der Waals surface area contributed by atoms with Gasteiger partial charge >= 0.3 is 5.97 Å². The van der Waals surface area contributed by atoms with Crippen LogP contribution in [0.2, 0.25) is 0 Å². The van der Waals surface area contributed by atoms with Gasteiger partial charge in [-0.3, -0.25) is 4.79 Å². The fraction of sp³-hybridized carbons (Fsp3) is 0.941. The van der Waals surface area contributed by atoms with E-state index >= 15 is 0 Å². The Hall–Kier alpha value is -0.530. The molecule has 0 rings (SSSR count). The van der Waals surface area contributed by atoms with E-state index in [2.05, 4.69) is 20.8 Å². The van der Waals surface area contributed by atoms with E-state index in [1.807, 2.05) is 13.8 Å². The van der Waals surface area contributed by atoms with E-state index in [9.17, 15) is 9.90 Å². The van der Waals surface area contributed by atoms with Crippen LogP contribution in [0.3, 0.4) is 0 Å². The Morgan fingerprint density at radius 3 is 1.68 bits per heavy atom. The lowest BCUT2D eigenvalue weighted by molar-refractivity contribution is -0.155. The molecule has 0 spiro atoms. The standard InChI is InChI=1S/C17H34O2/c1-6-8-10-12-14-17(5,13-11-9-7-2)16(3,4)15(18)19/h6-14H2,1-5H3,(H,18,19). The summed E-state index contributed by atoms with van der Waals surface area (Å²) in [6, 6.07) is 0. The molecule has 1 unspecified atom stereocenters. The summed E-state index contributed by atoms with van der Waals surface area (Å²) in [5.41, 5.74) is -0.714. The molecule has 0 aliphatic carbocycles. The van der Waals surface area contributed by atoms with Crippen LogP contribution in [-0.4, -0.2) is 11.1 Å². The maximum atomic E-state index is 11.6. The van der Waals surface area contributed by atoms with Crippen LogP contribution in [0, 0.1) is 10.8 Å². The highest BCUT2D eigenvalue weighted by Crippen LogP contribution is 2.47. The Balaban J connectivity index is 4.66. The van der Waals surface area contributed by atoms with Crippen molar-refractivity contribution in [2.24, 2.45) is 10.8 Å². The first kappa shape index (κ1) is 18.5. The SMILES string of the molecule is CCCCCCC(C)(CCCCC)C(C)(C)C(=O)O. The van der Waals surface area contributed by atoms with Gasteiger partial charge in [0.05, 0.1) is 5.41 Å². The predicted octanol–water partition coefficient (Wildman–Crippen LogP) is 5.65. The van der Waals surface area contributed by atoms with Gasteiger partial charge in [0.15, 0.2) is 0 Å². The van der Waals surface area contributed by atoms with Crippen molar-refractivity contribution in [3.63, 3.8) is 0 Å². The highest BCUT2D eigenvalue weighted by molar-refractivity contribution is 5.74. The first-order chi connectivity index (χ1) is 8.81. The average molecular weight is 270 g/mol. The van der Waals surface area contributed by atoms with Crippen molar-refractivity contribution in [1.82, 2.24) is 0 Å². The van der Waals surface area contributed by atoms with E-state index in [0.29, 0.717) is 0 Å². The number of aliphatic carboxylic acids is 1. The third-order valence-electron chi connectivity index (χ3n) is 4.96. The Labute approximate surface area is 120 Å². The second-order valence-corrected chi connectivity index (χ2v) is 6.76. The van der Waals surface area contributed by atoms with Crippen molar-refractivity contribution in [2.75, 3.05) is 0 Å². The molecule has 2 nitrogen and oxygen atoms in total. The third kappa shape index (κ3) is 5.54. The fourth-order valence-electron chi connectivity index (χ4n) is 2.72. The summed E-state index contributed by atoms with van der Waals surface area (Å²) in [5, 5.41) is 9.54. The number of carboxylic acids is 1. The lowest BCUT2D eigenvalue weighted by Crippen LogP contribution is -2.41. The number of carboxylic acid groups (broad SMARTS) is 1. The first-order valence-corrected chi connectivity index (χ1v) is 8.05. The number of hydrogen-bond donors (Lipinski definition) is 1. The zero-order valence-corrected chi connectivity index (χ0v) is 13.7. The molecule has 0 fully saturated rings. The van der Waals surface area contributed by atoms with E-state index in [-0.39, 0.29) is 5.41 Å². The Morgan fingerprint density at radius 2 is 1.26 bits per heavy atom. The molecule has 0 aliphatic rings. The molecule has 0 saturated heterocycles.